The molecule has 478 valence electrons. The zero-order chi connectivity index (χ0) is 62.2. The van der Waals surface area contributed by atoms with E-state index in [0.29, 0.717) is 0 Å². The van der Waals surface area contributed by atoms with Crippen LogP contribution in [0.25, 0.3) is 0 Å². The maximum atomic E-state index is 12.6. The molecule has 3 saturated heterocycles. The fourth-order valence-electron chi connectivity index (χ4n) is 11.5. The van der Waals surface area contributed by atoms with Gasteiger partial charge in [-0.05, 0) is 44.5 Å². The summed E-state index contributed by atoms with van der Waals surface area (Å²) in [7, 11) is 1.53. The van der Waals surface area contributed by atoms with Crippen LogP contribution in [0.15, 0.2) is 243 Å². The van der Waals surface area contributed by atoms with Crippen molar-refractivity contribution >= 4 is 0 Å². The molecule has 8 aromatic carbocycles. The Morgan fingerprint density at radius 1 is 0.286 bits per heavy atom. The van der Waals surface area contributed by atoms with E-state index in [1.165, 1.54) is 7.11 Å². The minimum absolute atomic E-state index is 0.0348. The van der Waals surface area contributed by atoms with Gasteiger partial charge >= 0.3 is 0 Å². The van der Waals surface area contributed by atoms with E-state index in [1.54, 1.807) is 0 Å². The average molecular weight is 1240 g/mol. The van der Waals surface area contributed by atoms with Crippen molar-refractivity contribution in [3.63, 3.8) is 0 Å². The van der Waals surface area contributed by atoms with Crippen LogP contribution in [-0.2, 0) is 119 Å². The number of aliphatic hydroxyl groups is 2. The lowest BCUT2D eigenvalue weighted by atomic mass is 9.95. The summed E-state index contributed by atoms with van der Waals surface area (Å²) >= 11 is 0. The summed E-state index contributed by atoms with van der Waals surface area (Å²) in [6.07, 6.45) is -16.2. The highest BCUT2D eigenvalue weighted by atomic mass is 16.8. The highest BCUT2D eigenvalue weighted by molar-refractivity contribution is 5.20. The Balaban J connectivity index is 1.00. The lowest BCUT2D eigenvalue weighted by molar-refractivity contribution is -0.393. The van der Waals surface area contributed by atoms with Crippen LogP contribution >= 0.6 is 0 Å². The fourth-order valence-corrected chi connectivity index (χ4v) is 11.5. The molecule has 0 aromatic heterocycles. The molecular weight excluding hydrogens is 1160 g/mol. The Bertz CT molecular complexity index is 3260. The first-order valence-corrected chi connectivity index (χ1v) is 31.2. The summed E-state index contributed by atoms with van der Waals surface area (Å²) < 4.78 is 97.2. The zero-order valence-corrected chi connectivity index (χ0v) is 51.1. The van der Waals surface area contributed by atoms with Crippen LogP contribution in [0.4, 0.5) is 0 Å². The second-order valence-electron chi connectivity index (χ2n) is 22.8. The SMILES string of the molecule is CO[C@H]1O[C@H](CO)[C@@H](O[C@H]2O[C@H](COCc3ccccc3)[C@@H](O[C@H]3O[C@H](COCc4ccccc4)[C@@H](O)[C@H](OCc4ccccc4)[C@H]3OCc3ccccc3)[C@H](OCc3ccccc3)[C@H]2OCc2ccccc2)[C@H](OCc2ccccc2)[C@H]1OCc1ccccc1. The number of hydrogen-bond acceptors (Lipinski definition) is 16. The van der Waals surface area contributed by atoms with Gasteiger partial charge in [0.2, 0.25) is 0 Å². The van der Waals surface area contributed by atoms with Gasteiger partial charge in [-0.3, -0.25) is 0 Å². The van der Waals surface area contributed by atoms with Crippen LogP contribution in [0.2, 0.25) is 0 Å². The summed E-state index contributed by atoms with van der Waals surface area (Å²) in [4.78, 5) is 0. The molecule has 8 aromatic rings. The van der Waals surface area contributed by atoms with Gasteiger partial charge in [-0.2, -0.15) is 0 Å². The van der Waals surface area contributed by atoms with E-state index < -0.39 is 98.7 Å². The lowest BCUT2D eigenvalue weighted by Gasteiger charge is -2.51. The molecule has 0 amide bonds. The van der Waals surface area contributed by atoms with E-state index in [1.807, 2.05) is 243 Å². The Labute approximate surface area is 533 Å². The Morgan fingerprint density at radius 2 is 0.538 bits per heavy atom. The van der Waals surface area contributed by atoms with Crippen LogP contribution in [0.5, 0.6) is 0 Å². The minimum atomic E-state index is -1.31. The molecule has 3 aliphatic rings. The molecule has 16 nitrogen and oxygen atoms in total. The first-order valence-electron chi connectivity index (χ1n) is 31.2. The first-order chi connectivity index (χ1) is 45.0. The van der Waals surface area contributed by atoms with Crippen LogP contribution in [0, 0.1) is 0 Å². The van der Waals surface area contributed by atoms with Gasteiger partial charge in [0.25, 0.3) is 0 Å². The van der Waals surface area contributed by atoms with Crippen molar-refractivity contribution in [2.45, 2.75) is 145 Å². The topological polar surface area (TPSA) is 170 Å². The van der Waals surface area contributed by atoms with Gasteiger partial charge in [0.05, 0.1) is 72.7 Å². The third-order valence-electron chi connectivity index (χ3n) is 16.3. The second kappa shape index (κ2) is 34.7. The van der Waals surface area contributed by atoms with Crippen molar-refractivity contribution in [1.29, 1.82) is 0 Å². The number of aliphatic hydroxyl groups excluding tert-OH is 2. The number of ether oxygens (including phenoxy) is 14. The third kappa shape index (κ3) is 18.7. The smallest absolute Gasteiger partial charge is 0.187 e. The standard InChI is InChI=1S/C75H82O16/c1-78-73-71(85-49-59-38-22-8-23-39-59)68(82-46-56-32-16-5-17-33-56)65(61(42-76)87-73)90-75-72(86-50-60-40-24-9-25-41-60)69(83-47-57-34-18-6-19-35-57)66(63(89-75)52-80-44-54-28-12-3-13-29-54)91-74-70(84-48-58-36-20-7-21-37-58)67(81-45-55-30-14-4-15-31-55)64(77)62(88-74)51-79-43-53-26-10-2-11-27-53/h2-41,61-77H,42-52H2,1H3/t61-,62-,63-,64-,65-,66-,67+,68+,69+,70-,71-,72-,73+,74-,75-/m1/s1. The van der Waals surface area contributed by atoms with Crippen LogP contribution < -0.4 is 0 Å². The molecule has 3 aliphatic heterocycles. The van der Waals surface area contributed by atoms with Crippen LogP contribution in [0.1, 0.15) is 44.5 Å². The molecule has 0 saturated carbocycles. The predicted octanol–water partition coefficient (Wildman–Crippen LogP) is 10.9. The minimum Gasteiger partial charge on any atom is -0.394 e. The summed E-state index contributed by atoms with van der Waals surface area (Å²) in [5, 5.41) is 24.1. The normalized spacial score (nSPS) is 26.7. The summed E-state index contributed by atoms with van der Waals surface area (Å²) in [5.74, 6) is 0. The highest BCUT2D eigenvalue weighted by Gasteiger charge is 2.57. The van der Waals surface area contributed by atoms with Gasteiger partial charge in [0, 0.05) is 7.11 Å². The molecule has 0 spiro atoms. The largest absolute Gasteiger partial charge is 0.394 e. The predicted molar refractivity (Wildman–Crippen MR) is 338 cm³/mol. The molecule has 0 radical (unpaired) electrons. The average Bonchev–Trinajstić information content (AvgIpc) is 0.910. The first kappa shape index (κ1) is 65.6. The van der Waals surface area contributed by atoms with Crippen LogP contribution in [0.3, 0.4) is 0 Å². The Hall–Kier alpha value is -6.88. The van der Waals surface area contributed by atoms with Crippen molar-refractivity contribution in [3.05, 3.63) is 287 Å². The van der Waals surface area contributed by atoms with E-state index in [0.717, 1.165) is 44.5 Å². The van der Waals surface area contributed by atoms with E-state index in [-0.39, 0.29) is 66.1 Å². The van der Waals surface area contributed by atoms with Gasteiger partial charge in [-0.1, -0.05) is 243 Å². The highest BCUT2D eigenvalue weighted by Crippen LogP contribution is 2.39. The second-order valence-corrected chi connectivity index (χ2v) is 22.8. The molecule has 15 atom stereocenters. The van der Waals surface area contributed by atoms with Crippen LogP contribution in [-0.4, -0.2) is 129 Å². The molecule has 3 fully saturated rings. The number of rotatable bonds is 32. The molecule has 0 bridgehead atoms. The van der Waals surface area contributed by atoms with Crippen molar-refractivity contribution in [1.82, 2.24) is 0 Å². The van der Waals surface area contributed by atoms with E-state index in [2.05, 4.69) is 0 Å². The number of methoxy groups -OCH3 is 1. The maximum absolute atomic E-state index is 12.6. The quantitative estimate of drug-likeness (QED) is 0.0408. The summed E-state index contributed by atoms with van der Waals surface area (Å²) in [6.45, 7) is 0.635. The zero-order valence-electron chi connectivity index (χ0n) is 51.1. The molecular formula is C75H82O16. The monoisotopic (exact) mass is 1240 g/mol. The fraction of sp³-hybridized carbons (Fsp3) is 0.360. The van der Waals surface area contributed by atoms with Crippen molar-refractivity contribution in [2.75, 3.05) is 26.9 Å². The Kier molecular flexibility index (Phi) is 25.0. The van der Waals surface area contributed by atoms with Crippen molar-refractivity contribution in [2.24, 2.45) is 0 Å². The maximum Gasteiger partial charge on any atom is 0.187 e. The third-order valence-corrected chi connectivity index (χ3v) is 16.3. The number of hydrogen-bond donors (Lipinski definition) is 2. The summed E-state index contributed by atoms with van der Waals surface area (Å²) in [6, 6.07) is 78.4. The molecule has 0 unspecified atom stereocenters. The molecule has 91 heavy (non-hydrogen) atoms. The molecule has 2 N–H and O–H groups in total. The van der Waals surface area contributed by atoms with Gasteiger partial charge in [0.15, 0.2) is 18.9 Å². The van der Waals surface area contributed by atoms with E-state index in [4.69, 9.17) is 66.3 Å². The van der Waals surface area contributed by atoms with Gasteiger partial charge in [0.1, 0.15) is 73.2 Å². The van der Waals surface area contributed by atoms with Crippen molar-refractivity contribution < 1.29 is 76.5 Å². The molecule has 16 heteroatoms. The van der Waals surface area contributed by atoms with Gasteiger partial charge < -0.3 is 76.5 Å². The molecule has 0 aliphatic carbocycles. The molecule has 11 rings (SSSR count). The number of benzene rings is 8. The molecule has 3 heterocycles. The van der Waals surface area contributed by atoms with E-state index in [9.17, 15) is 10.2 Å². The lowest BCUT2D eigenvalue weighted by Crippen LogP contribution is -2.68. The van der Waals surface area contributed by atoms with Crippen molar-refractivity contribution in [3.8, 4) is 0 Å². The summed E-state index contributed by atoms with van der Waals surface area (Å²) in [5.41, 5.74) is 7.18. The van der Waals surface area contributed by atoms with Gasteiger partial charge in [-0.25, -0.2) is 0 Å². The van der Waals surface area contributed by atoms with Gasteiger partial charge in [-0.15, -0.1) is 0 Å². The van der Waals surface area contributed by atoms with E-state index >= 15 is 0 Å². The Morgan fingerprint density at radius 3 is 0.868 bits per heavy atom.